The predicted octanol–water partition coefficient (Wildman–Crippen LogP) is 4.05. The van der Waals surface area contributed by atoms with Gasteiger partial charge in [0.1, 0.15) is 12.3 Å². The van der Waals surface area contributed by atoms with Crippen molar-refractivity contribution in [2.24, 2.45) is 0 Å². The summed E-state index contributed by atoms with van der Waals surface area (Å²) in [5, 5.41) is 2.83. The van der Waals surface area contributed by atoms with Crippen LogP contribution in [0, 0.1) is 6.92 Å². The summed E-state index contributed by atoms with van der Waals surface area (Å²) in [6.45, 7) is 2.61. The van der Waals surface area contributed by atoms with Gasteiger partial charge in [-0.05, 0) is 62.6 Å². The summed E-state index contributed by atoms with van der Waals surface area (Å²) in [4.78, 5) is 12.8. The number of amides is 1. The van der Waals surface area contributed by atoms with Gasteiger partial charge >= 0.3 is 0 Å². The molecule has 1 saturated carbocycles. The van der Waals surface area contributed by atoms with Crippen molar-refractivity contribution in [3.63, 3.8) is 0 Å². The van der Waals surface area contributed by atoms with Gasteiger partial charge in [-0.25, -0.2) is 8.42 Å². The molecule has 0 unspecified atom stereocenters. The van der Waals surface area contributed by atoms with Crippen molar-refractivity contribution in [1.29, 1.82) is 0 Å². The number of hydrogen-bond acceptors (Lipinski definition) is 5. The van der Waals surface area contributed by atoms with Gasteiger partial charge in [-0.15, -0.1) is 0 Å². The summed E-state index contributed by atoms with van der Waals surface area (Å²) in [5.41, 5.74) is 1.35. The fourth-order valence-corrected chi connectivity index (χ4v) is 5.29. The van der Waals surface area contributed by atoms with Crippen LogP contribution in [0.15, 0.2) is 53.4 Å². The van der Waals surface area contributed by atoms with Crippen molar-refractivity contribution in [3.05, 3.63) is 54.1 Å². The number of carbonyl (C=O) groups is 1. The standard InChI is InChI=1S/C25H34N2O5S/c1-20-9-15-24(16-10-20)33(29,30)27(21-11-13-22(31-2)14-12-21)19-25(28)26-17-6-18-32-23-7-4-3-5-8-23/h9-16,23H,3-8,17-19H2,1-2H3,(H,26,28). The Kier molecular flexibility index (Phi) is 9.14. The largest absolute Gasteiger partial charge is 0.497 e. The lowest BCUT2D eigenvalue weighted by atomic mass is 9.98. The Labute approximate surface area is 197 Å². The Hall–Kier alpha value is -2.58. The zero-order valence-electron chi connectivity index (χ0n) is 19.5. The zero-order chi connectivity index (χ0) is 23.7. The van der Waals surface area contributed by atoms with Crippen molar-refractivity contribution in [3.8, 4) is 5.75 Å². The fourth-order valence-electron chi connectivity index (χ4n) is 3.87. The summed E-state index contributed by atoms with van der Waals surface area (Å²) in [7, 11) is -2.39. The van der Waals surface area contributed by atoms with Crippen molar-refractivity contribution < 1.29 is 22.7 Å². The molecule has 0 heterocycles. The molecular weight excluding hydrogens is 440 g/mol. The predicted molar refractivity (Wildman–Crippen MR) is 129 cm³/mol. The van der Waals surface area contributed by atoms with E-state index in [1.165, 1.54) is 19.3 Å². The molecule has 1 amide bonds. The zero-order valence-corrected chi connectivity index (χ0v) is 20.3. The number of anilines is 1. The first-order valence-corrected chi connectivity index (χ1v) is 13.0. The molecule has 1 fully saturated rings. The van der Waals surface area contributed by atoms with Crippen LogP contribution in [0.25, 0.3) is 0 Å². The van der Waals surface area contributed by atoms with Gasteiger partial charge in [0.05, 0.1) is 23.8 Å². The maximum atomic E-state index is 13.4. The highest BCUT2D eigenvalue weighted by Crippen LogP contribution is 2.26. The van der Waals surface area contributed by atoms with Gasteiger partial charge in [0.2, 0.25) is 5.91 Å². The molecule has 0 saturated heterocycles. The quantitative estimate of drug-likeness (QED) is 0.497. The van der Waals surface area contributed by atoms with Crippen molar-refractivity contribution in [2.75, 3.05) is 31.1 Å². The molecular formula is C25H34N2O5S. The van der Waals surface area contributed by atoms with E-state index in [1.54, 1.807) is 55.6 Å². The molecule has 0 atom stereocenters. The van der Waals surface area contributed by atoms with Crippen LogP contribution in [0.2, 0.25) is 0 Å². The first kappa shape index (κ1) is 25.1. The van der Waals surface area contributed by atoms with E-state index < -0.39 is 10.0 Å². The molecule has 0 aliphatic heterocycles. The van der Waals surface area contributed by atoms with E-state index in [4.69, 9.17) is 9.47 Å². The van der Waals surface area contributed by atoms with E-state index in [0.717, 1.165) is 22.7 Å². The van der Waals surface area contributed by atoms with E-state index >= 15 is 0 Å². The third-order valence-corrected chi connectivity index (χ3v) is 7.59. The Balaban J connectivity index is 1.63. The third-order valence-electron chi connectivity index (χ3n) is 5.81. The van der Waals surface area contributed by atoms with Crippen LogP contribution in [-0.2, 0) is 19.6 Å². The lowest BCUT2D eigenvalue weighted by Crippen LogP contribution is -2.41. The second-order valence-electron chi connectivity index (χ2n) is 8.36. The minimum Gasteiger partial charge on any atom is -0.497 e. The SMILES string of the molecule is COc1ccc(N(CC(=O)NCCCOC2CCCCC2)S(=O)(=O)c2ccc(C)cc2)cc1. The topological polar surface area (TPSA) is 84.9 Å². The van der Waals surface area contributed by atoms with Gasteiger partial charge < -0.3 is 14.8 Å². The van der Waals surface area contributed by atoms with E-state index in [0.29, 0.717) is 37.1 Å². The average Bonchev–Trinajstić information content (AvgIpc) is 2.83. The highest BCUT2D eigenvalue weighted by molar-refractivity contribution is 7.92. The fraction of sp³-hybridized carbons (Fsp3) is 0.480. The normalized spacial score (nSPS) is 14.6. The minimum atomic E-state index is -3.93. The number of aryl methyl sites for hydroxylation is 1. The number of rotatable bonds is 11. The van der Waals surface area contributed by atoms with Crippen molar-refractivity contribution in [2.45, 2.75) is 56.4 Å². The Morgan fingerprint density at radius 3 is 2.33 bits per heavy atom. The van der Waals surface area contributed by atoms with E-state index in [-0.39, 0.29) is 17.3 Å². The van der Waals surface area contributed by atoms with Crippen molar-refractivity contribution >= 4 is 21.6 Å². The number of benzene rings is 2. The summed E-state index contributed by atoms with van der Waals surface area (Å²) in [6, 6.07) is 13.2. The monoisotopic (exact) mass is 474 g/mol. The maximum Gasteiger partial charge on any atom is 0.264 e. The highest BCUT2D eigenvalue weighted by Gasteiger charge is 2.27. The molecule has 0 radical (unpaired) electrons. The number of hydrogen-bond donors (Lipinski definition) is 1. The van der Waals surface area contributed by atoms with Crippen LogP contribution in [0.4, 0.5) is 5.69 Å². The van der Waals surface area contributed by atoms with Crippen molar-refractivity contribution in [1.82, 2.24) is 5.32 Å². The molecule has 0 aromatic heterocycles. The van der Waals surface area contributed by atoms with Crippen LogP contribution < -0.4 is 14.4 Å². The van der Waals surface area contributed by atoms with E-state index in [2.05, 4.69) is 5.32 Å². The first-order valence-electron chi connectivity index (χ1n) is 11.5. The maximum absolute atomic E-state index is 13.4. The Morgan fingerprint density at radius 2 is 1.70 bits per heavy atom. The highest BCUT2D eigenvalue weighted by atomic mass is 32.2. The summed E-state index contributed by atoms with van der Waals surface area (Å²) in [6.07, 6.45) is 6.97. The van der Waals surface area contributed by atoms with Crippen LogP contribution in [-0.4, -0.2) is 47.2 Å². The van der Waals surface area contributed by atoms with Crippen LogP contribution in [0.3, 0.4) is 0 Å². The second kappa shape index (κ2) is 12.0. The van der Waals surface area contributed by atoms with Gasteiger partial charge in [0.25, 0.3) is 10.0 Å². The number of nitrogens with zero attached hydrogens (tertiary/aromatic N) is 1. The smallest absolute Gasteiger partial charge is 0.264 e. The van der Waals surface area contributed by atoms with Gasteiger partial charge in [-0.1, -0.05) is 37.0 Å². The van der Waals surface area contributed by atoms with Gasteiger partial charge in [-0.2, -0.15) is 0 Å². The van der Waals surface area contributed by atoms with Gasteiger partial charge in [0.15, 0.2) is 0 Å². The molecule has 8 heteroatoms. The molecule has 2 aromatic rings. The van der Waals surface area contributed by atoms with Crippen LogP contribution >= 0.6 is 0 Å². The molecule has 2 aromatic carbocycles. The lowest BCUT2D eigenvalue weighted by molar-refractivity contribution is -0.119. The average molecular weight is 475 g/mol. The first-order chi connectivity index (χ1) is 15.9. The van der Waals surface area contributed by atoms with E-state index in [1.807, 2.05) is 6.92 Å². The van der Waals surface area contributed by atoms with Gasteiger partial charge in [0, 0.05) is 13.2 Å². The van der Waals surface area contributed by atoms with Gasteiger partial charge in [-0.3, -0.25) is 9.10 Å². The molecule has 180 valence electrons. The second-order valence-corrected chi connectivity index (χ2v) is 10.2. The number of carbonyl (C=O) groups excluding carboxylic acids is 1. The third kappa shape index (κ3) is 7.20. The Bertz CT molecular complexity index is 984. The summed E-state index contributed by atoms with van der Waals surface area (Å²) in [5.74, 6) is 0.244. The number of nitrogens with one attached hydrogen (secondary N) is 1. The lowest BCUT2D eigenvalue weighted by Gasteiger charge is -2.24. The minimum absolute atomic E-state index is 0.137. The van der Waals surface area contributed by atoms with Crippen LogP contribution in [0.1, 0.15) is 44.1 Å². The molecule has 7 nitrogen and oxygen atoms in total. The number of methoxy groups -OCH3 is 1. The number of ether oxygens (including phenoxy) is 2. The molecule has 1 aliphatic carbocycles. The van der Waals surface area contributed by atoms with E-state index in [9.17, 15) is 13.2 Å². The molecule has 0 spiro atoms. The molecule has 3 rings (SSSR count). The molecule has 1 aliphatic rings. The summed E-state index contributed by atoms with van der Waals surface area (Å²) >= 11 is 0. The Morgan fingerprint density at radius 1 is 1.03 bits per heavy atom. The molecule has 33 heavy (non-hydrogen) atoms. The molecule has 0 bridgehead atoms. The molecule has 1 N–H and O–H groups in total. The van der Waals surface area contributed by atoms with Crippen LogP contribution in [0.5, 0.6) is 5.75 Å². The number of sulfonamides is 1. The summed E-state index contributed by atoms with van der Waals surface area (Å²) < 4.78 is 39.0.